The Kier molecular flexibility index (Phi) is 5.11. The zero-order valence-electron chi connectivity index (χ0n) is 16.0. The van der Waals surface area contributed by atoms with E-state index in [1.165, 1.54) is 6.26 Å². The molecule has 0 aromatic heterocycles. The molecule has 0 spiro atoms. The Labute approximate surface area is 175 Å². The van der Waals surface area contributed by atoms with Gasteiger partial charge >= 0.3 is 0 Å². The Morgan fingerprint density at radius 3 is 2.41 bits per heavy atom. The van der Waals surface area contributed by atoms with Gasteiger partial charge in [0.2, 0.25) is 0 Å². The Balaban J connectivity index is 1.90. The molecule has 0 unspecified atom stereocenters. The maximum atomic E-state index is 11.8. The average molecular weight is 427 g/mol. The summed E-state index contributed by atoms with van der Waals surface area (Å²) in [6, 6.07) is 20.1. The number of hydrogen-bond acceptors (Lipinski definition) is 4. The predicted octanol–water partition coefficient (Wildman–Crippen LogP) is 5.26. The molecule has 1 aliphatic rings. The summed E-state index contributed by atoms with van der Waals surface area (Å²) in [5.41, 5.74) is 3.69. The van der Waals surface area contributed by atoms with Crippen molar-refractivity contribution in [2.75, 3.05) is 13.4 Å². The summed E-state index contributed by atoms with van der Waals surface area (Å²) in [4.78, 5) is 0.267. The maximum absolute atomic E-state index is 11.8. The lowest BCUT2D eigenvalue weighted by Gasteiger charge is -2.25. The molecule has 0 radical (unpaired) electrons. The Morgan fingerprint density at radius 1 is 1.00 bits per heavy atom. The fraction of sp³-hybridized carbons (Fsp3) is 0.130. The largest absolute Gasteiger partial charge is 0.496 e. The first-order valence-electron chi connectivity index (χ1n) is 9.00. The third kappa shape index (κ3) is 3.88. The normalized spacial score (nSPS) is 13.6. The number of para-hydroxylation sites is 1. The number of ether oxygens (including phenoxy) is 2. The first-order valence-corrected chi connectivity index (χ1v) is 11.3. The van der Waals surface area contributed by atoms with Gasteiger partial charge < -0.3 is 9.47 Å². The van der Waals surface area contributed by atoms with Gasteiger partial charge in [-0.15, -0.1) is 0 Å². The average Bonchev–Trinajstić information content (AvgIpc) is 2.72. The molecular weight excluding hydrogens is 408 g/mol. The third-order valence-corrected chi connectivity index (χ3v) is 6.22. The van der Waals surface area contributed by atoms with Crippen LogP contribution in [0.1, 0.15) is 16.7 Å². The fourth-order valence-electron chi connectivity index (χ4n) is 3.41. The van der Waals surface area contributed by atoms with Crippen LogP contribution in [0.2, 0.25) is 5.02 Å². The van der Waals surface area contributed by atoms with Gasteiger partial charge in [0.15, 0.2) is 9.84 Å². The van der Waals surface area contributed by atoms with E-state index in [4.69, 9.17) is 21.1 Å². The van der Waals surface area contributed by atoms with Crippen molar-refractivity contribution in [1.29, 1.82) is 0 Å². The fourth-order valence-corrected chi connectivity index (χ4v) is 4.20. The van der Waals surface area contributed by atoms with E-state index in [1.807, 2.05) is 36.4 Å². The van der Waals surface area contributed by atoms with E-state index in [-0.39, 0.29) is 4.90 Å². The second-order valence-corrected chi connectivity index (χ2v) is 9.29. The van der Waals surface area contributed by atoms with Crippen molar-refractivity contribution in [1.82, 2.24) is 0 Å². The lowest BCUT2D eigenvalue weighted by molar-refractivity contribution is 0.413. The van der Waals surface area contributed by atoms with Crippen LogP contribution in [0.25, 0.3) is 11.3 Å². The predicted molar refractivity (Wildman–Crippen MR) is 115 cm³/mol. The Hall–Kier alpha value is -2.76. The van der Waals surface area contributed by atoms with E-state index in [1.54, 1.807) is 37.4 Å². The van der Waals surface area contributed by atoms with Crippen molar-refractivity contribution in [2.45, 2.75) is 11.3 Å². The summed E-state index contributed by atoms with van der Waals surface area (Å²) >= 11 is 6.14. The SMILES string of the molecule is COc1cc(Cl)ccc1C1=C(c2ccc(S(C)(=O)=O)cc2)Oc2ccccc2C1. The van der Waals surface area contributed by atoms with E-state index in [0.717, 1.165) is 28.0 Å². The molecule has 3 aromatic rings. The summed E-state index contributed by atoms with van der Waals surface area (Å²) in [5, 5.41) is 0.586. The van der Waals surface area contributed by atoms with E-state index in [2.05, 4.69) is 0 Å². The molecule has 0 N–H and O–H groups in total. The summed E-state index contributed by atoms with van der Waals surface area (Å²) in [6.07, 6.45) is 1.84. The van der Waals surface area contributed by atoms with Gasteiger partial charge in [-0.2, -0.15) is 0 Å². The highest BCUT2D eigenvalue weighted by molar-refractivity contribution is 7.90. The van der Waals surface area contributed by atoms with Crippen LogP contribution in [-0.4, -0.2) is 21.8 Å². The van der Waals surface area contributed by atoms with Gasteiger partial charge in [0.1, 0.15) is 17.3 Å². The molecule has 0 bridgehead atoms. The Morgan fingerprint density at radius 2 is 1.72 bits per heavy atom. The van der Waals surface area contributed by atoms with Crippen molar-refractivity contribution in [2.24, 2.45) is 0 Å². The zero-order valence-corrected chi connectivity index (χ0v) is 17.5. The molecule has 1 heterocycles. The van der Waals surface area contributed by atoms with Gasteiger partial charge in [-0.05, 0) is 54.1 Å². The van der Waals surface area contributed by atoms with Crippen LogP contribution in [0, 0.1) is 0 Å². The van der Waals surface area contributed by atoms with Crippen LogP contribution < -0.4 is 9.47 Å². The summed E-state index contributed by atoms with van der Waals surface area (Å²) in [6.45, 7) is 0. The van der Waals surface area contributed by atoms with Crippen molar-refractivity contribution in [3.05, 3.63) is 88.4 Å². The molecule has 148 valence electrons. The molecule has 4 rings (SSSR count). The molecule has 0 amide bonds. The number of halogens is 1. The molecule has 0 saturated carbocycles. The van der Waals surface area contributed by atoms with Crippen LogP contribution in [0.5, 0.6) is 11.5 Å². The molecule has 0 aliphatic carbocycles. The molecular formula is C23H19ClO4S. The van der Waals surface area contributed by atoms with E-state index >= 15 is 0 Å². The molecule has 0 saturated heterocycles. The molecule has 3 aromatic carbocycles. The minimum absolute atomic E-state index is 0.267. The van der Waals surface area contributed by atoms with Crippen molar-refractivity contribution in [3.8, 4) is 11.5 Å². The summed E-state index contributed by atoms with van der Waals surface area (Å²) in [7, 11) is -1.67. The van der Waals surface area contributed by atoms with Crippen molar-refractivity contribution >= 4 is 32.8 Å². The minimum atomic E-state index is -3.27. The van der Waals surface area contributed by atoms with E-state index < -0.39 is 9.84 Å². The van der Waals surface area contributed by atoms with Crippen LogP contribution >= 0.6 is 11.6 Å². The molecule has 29 heavy (non-hydrogen) atoms. The van der Waals surface area contributed by atoms with Crippen molar-refractivity contribution < 1.29 is 17.9 Å². The smallest absolute Gasteiger partial charge is 0.175 e. The minimum Gasteiger partial charge on any atom is -0.496 e. The van der Waals surface area contributed by atoms with Gasteiger partial charge in [-0.25, -0.2) is 8.42 Å². The number of allylic oxidation sites excluding steroid dienone is 1. The first kappa shape index (κ1) is 19.6. The lowest BCUT2D eigenvalue weighted by Crippen LogP contribution is -2.10. The van der Waals surface area contributed by atoms with E-state index in [9.17, 15) is 8.42 Å². The molecule has 4 nitrogen and oxygen atoms in total. The first-order chi connectivity index (χ1) is 13.9. The standard InChI is InChI=1S/C23H19ClO4S/c1-27-22-14-17(24)9-12-19(22)20-13-16-5-3-4-6-21(16)28-23(20)15-7-10-18(11-8-15)29(2,25)26/h3-12,14H,13H2,1-2H3. The van der Waals surface area contributed by atoms with Gasteiger partial charge in [0, 0.05) is 34.4 Å². The van der Waals surface area contributed by atoms with E-state index in [0.29, 0.717) is 23.0 Å². The number of fused-ring (bicyclic) bond motifs is 1. The molecule has 1 aliphatic heterocycles. The molecule has 0 fully saturated rings. The summed E-state index contributed by atoms with van der Waals surface area (Å²) < 4.78 is 35.5. The van der Waals surface area contributed by atoms with Crippen molar-refractivity contribution in [3.63, 3.8) is 0 Å². The second-order valence-electron chi connectivity index (χ2n) is 6.84. The number of methoxy groups -OCH3 is 1. The highest BCUT2D eigenvalue weighted by Crippen LogP contribution is 2.42. The van der Waals surface area contributed by atoms with Gasteiger partial charge in [-0.3, -0.25) is 0 Å². The summed E-state index contributed by atoms with van der Waals surface area (Å²) in [5.74, 6) is 2.11. The van der Waals surface area contributed by atoms with Crippen LogP contribution in [0.4, 0.5) is 0 Å². The number of sulfone groups is 1. The van der Waals surface area contributed by atoms with Crippen LogP contribution in [0.15, 0.2) is 71.6 Å². The molecule has 6 heteroatoms. The topological polar surface area (TPSA) is 52.6 Å². The van der Waals surface area contributed by atoms with Gasteiger partial charge in [0.25, 0.3) is 0 Å². The zero-order chi connectivity index (χ0) is 20.6. The number of benzene rings is 3. The van der Waals surface area contributed by atoms with Crippen LogP contribution in [-0.2, 0) is 16.3 Å². The third-order valence-electron chi connectivity index (χ3n) is 4.86. The van der Waals surface area contributed by atoms with Crippen LogP contribution in [0.3, 0.4) is 0 Å². The van der Waals surface area contributed by atoms with Gasteiger partial charge in [-0.1, -0.05) is 29.8 Å². The number of rotatable bonds is 4. The van der Waals surface area contributed by atoms with Gasteiger partial charge in [0.05, 0.1) is 12.0 Å². The second kappa shape index (κ2) is 7.58. The highest BCUT2D eigenvalue weighted by Gasteiger charge is 2.24. The molecule has 0 atom stereocenters. The Bertz CT molecular complexity index is 1210. The lowest BCUT2D eigenvalue weighted by atomic mass is 9.91. The quantitative estimate of drug-likeness (QED) is 0.571. The highest BCUT2D eigenvalue weighted by atomic mass is 35.5. The maximum Gasteiger partial charge on any atom is 0.175 e. The monoisotopic (exact) mass is 426 g/mol. The number of hydrogen-bond donors (Lipinski definition) is 0.